The van der Waals surface area contributed by atoms with Crippen LogP contribution in [0, 0.1) is 5.82 Å². The number of piperidine rings is 1. The summed E-state index contributed by atoms with van der Waals surface area (Å²) in [5.41, 5.74) is 0.164. The van der Waals surface area contributed by atoms with Gasteiger partial charge >= 0.3 is 0 Å². The van der Waals surface area contributed by atoms with Gasteiger partial charge in [-0.25, -0.2) is 12.8 Å². The van der Waals surface area contributed by atoms with Gasteiger partial charge in [-0.1, -0.05) is 29.6 Å². The van der Waals surface area contributed by atoms with Gasteiger partial charge in [0.15, 0.2) is 5.82 Å². The summed E-state index contributed by atoms with van der Waals surface area (Å²) in [6.07, 6.45) is 2.90. The van der Waals surface area contributed by atoms with Crippen LogP contribution in [0.5, 0.6) is 0 Å². The molecule has 1 saturated heterocycles. The van der Waals surface area contributed by atoms with Gasteiger partial charge in [0.05, 0.1) is 21.5 Å². The van der Waals surface area contributed by atoms with Gasteiger partial charge in [-0.05, 0) is 31.5 Å². The van der Waals surface area contributed by atoms with Crippen molar-refractivity contribution in [2.75, 3.05) is 17.0 Å². The fourth-order valence-corrected chi connectivity index (χ4v) is 4.03. The Morgan fingerprint density at radius 3 is 2.50 bits per heavy atom. The van der Waals surface area contributed by atoms with E-state index in [2.05, 4.69) is 10.0 Å². The minimum absolute atomic E-state index is 0.0282. The van der Waals surface area contributed by atoms with Gasteiger partial charge in [0, 0.05) is 6.04 Å². The van der Waals surface area contributed by atoms with Gasteiger partial charge in [-0.2, -0.15) is 0 Å². The van der Waals surface area contributed by atoms with E-state index in [0.29, 0.717) is 0 Å². The maximum Gasteiger partial charge on any atom is 0.234 e. The van der Waals surface area contributed by atoms with E-state index in [4.69, 9.17) is 23.2 Å². The van der Waals surface area contributed by atoms with Crippen LogP contribution in [-0.4, -0.2) is 26.8 Å². The van der Waals surface area contributed by atoms with Crippen LogP contribution in [-0.2, 0) is 10.0 Å². The molecule has 4 nitrogen and oxygen atoms in total. The third-order valence-electron chi connectivity index (χ3n) is 3.09. The third kappa shape index (κ3) is 4.22. The summed E-state index contributed by atoms with van der Waals surface area (Å²) in [6, 6.07) is 2.34. The largest absolute Gasteiger partial charge is 0.313 e. The first-order valence-corrected chi connectivity index (χ1v) is 8.66. The van der Waals surface area contributed by atoms with Gasteiger partial charge in [0.2, 0.25) is 10.0 Å². The molecule has 2 N–H and O–H groups in total. The smallest absolute Gasteiger partial charge is 0.234 e. The predicted octanol–water partition coefficient (Wildman–Crippen LogP) is 3.02. The van der Waals surface area contributed by atoms with E-state index in [0.717, 1.165) is 25.8 Å². The van der Waals surface area contributed by atoms with E-state index in [1.54, 1.807) is 0 Å². The molecular weight excluding hydrogens is 326 g/mol. The first-order chi connectivity index (χ1) is 9.37. The Morgan fingerprint density at radius 1 is 1.30 bits per heavy atom. The summed E-state index contributed by atoms with van der Waals surface area (Å²) in [4.78, 5) is 0. The lowest BCUT2D eigenvalue weighted by Gasteiger charge is -2.23. The van der Waals surface area contributed by atoms with Crippen molar-refractivity contribution < 1.29 is 12.8 Å². The fraction of sp³-hybridized carbons (Fsp3) is 0.500. The molecule has 1 aliphatic heterocycles. The molecule has 1 aliphatic rings. The van der Waals surface area contributed by atoms with Crippen molar-refractivity contribution in [3.05, 3.63) is 28.0 Å². The Balaban J connectivity index is 2.07. The molecule has 1 atom stereocenters. The Bertz CT molecular complexity index is 566. The topological polar surface area (TPSA) is 58.2 Å². The van der Waals surface area contributed by atoms with Crippen LogP contribution >= 0.6 is 23.2 Å². The quantitative estimate of drug-likeness (QED) is 0.828. The number of halogens is 3. The zero-order chi connectivity index (χ0) is 14.8. The van der Waals surface area contributed by atoms with Crippen LogP contribution in [0.1, 0.15) is 19.3 Å². The number of nitrogens with one attached hydrogen (secondary N) is 2. The third-order valence-corrected chi connectivity index (χ3v) is 5.03. The van der Waals surface area contributed by atoms with E-state index in [1.807, 2.05) is 0 Å². The van der Waals surface area contributed by atoms with E-state index < -0.39 is 15.8 Å². The lowest BCUT2D eigenvalue weighted by molar-refractivity contribution is 0.424. The van der Waals surface area contributed by atoms with Crippen LogP contribution in [0.4, 0.5) is 10.1 Å². The second kappa shape index (κ2) is 6.47. The van der Waals surface area contributed by atoms with Crippen molar-refractivity contribution in [2.45, 2.75) is 25.3 Å². The highest BCUT2D eigenvalue weighted by atomic mass is 35.5. The first-order valence-electron chi connectivity index (χ1n) is 6.26. The van der Waals surface area contributed by atoms with Crippen molar-refractivity contribution >= 4 is 38.9 Å². The molecule has 1 fully saturated rings. The summed E-state index contributed by atoms with van der Waals surface area (Å²) in [5.74, 6) is -0.787. The average Bonchev–Trinajstić information content (AvgIpc) is 2.36. The maximum atomic E-state index is 13.3. The van der Waals surface area contributed by atoms with Crippen molar-refractivity contribution in [3.63, 3.8) is 0 Å². The lowest BCUT2D eigenvalue weighted by Crippen LogP contribution is -2.40. The highest BCUT2D eigenvalue weighted by molar-refractivity contribution is 7.92. The SMILES string of the molecule is O=S(=O)(CC1CCCCN1)Nc1cc(Cl)c(F)c(Cl)c1. The van der Waals surface area contributed by atoms with Crippen molar-refractivity contribution in [3.8, 4) is 0 Å². The molecule has 0 aliphatic carbocycles. The molecular formula is C12H15Cl2FN2O2S. The lowest BCUT2D eigenvalue weighted by atomic mass is 10.1. The number of benzene rings is 1. The molecule has 2 rings (SSSR count). The minimum Gasteiger partial charge on any atom is -0.313 e. The number of sulfonamides is 1. The summed E-state index contributed by atoms with van der Waals surface area (Å²) in [5, 5.41) is 2.73. The molecule has 112 valence electrons. The molecule has 1 unspecified atom stereocenters. The molecule has 1 heterocycles. The molecule has 0 radical (unpaired) electrons. The highest BCUT2D eigenvalue weighted by Gasteiger charge is 2.21. The van der Waals surface area contributed by atoms with Crippen LogP contribution in [0.3, 0.4) is 0 Å². The van der Waals surface area contributed by atoms with Gasteiger partial charge in [-0.3, -0.25) is 4.72 Å². The summed E-state index contributed by atoms with van der Waals surface area (Å²) in [7, 11) is -3.53. The van der Waals surface area contributed by atoms with Crippen LogP contribution in [0.25, 0.3) is 0 Å². The molecule has 0 saturated carbocycles. The Labute approximate surface area is 127 Å². The average molecular weight is 341 g/mol. The number of rotatable bonds is 4. The highest BCUT2D eigenvalue weighted by Crippen LogP contribution is 2.28. The Morgan fingerprint density at radius 2 is 1.95 bits per heavy atom. The number of hydrogen-bond acceptors (Lipinski definition) is 3. The van der Waals surface area contributed by atoms with Crippen LogP contribution < -0.4 is 10.0 Å². The Kier molecular flexibility index (Phi) is 5.12. The summed E-state index contributed by atoms with van der Waals surface area (Å²) in [6.45, 7) is 0.828. The van der Waals surface area contributed by atoms with Crippen molar-refractivity contribution in [1.29, 1.82) is 0 Å². The van der Waals surface area contributed by atoms with E-state index in [1.165, 1.54) is 12.1 Å². The summed E-state index contributed by atoms with van der Waals surface area (Å²) >= 11 is 11.3. The molecule has 0 bridgehead atoms. The predicted molar refractivity (Wildman–Crippen MR) is 79.5 cm³/mol. The monoisotopic (exact) mass is 340 g/mol. The normalized spacial score (nSPS) is 19.9. The van der Waals surface area contributed by atoms with E-state index in [-0.39, 0.29) is 27.5 Å². The second-order valence-corrected chi connectivity index (χ2v) is 7.37. The van der Waals surface area contributed by atoms with Gasteiger partial charge < -0.3 is 5.32 Å². The van der Waals surface area contributed by atoms with E-state index in [9.17, 15) is 12.8 Å². The summed E-state index contributed by atoms with van der Waals surface area (Å²) < 4.78 is 39.7. The van der Waals surface area contributed by atoms with Crippen LogP contribution in [0.2, 0.25) is 10.0 Å². The van der Waals surface area contributed by atoms with Crippen molar-refractivity contribution in [1.82, 2.24) is 5.32 Å². The van der Waals surface area contributed by atoms with Crippen molar-refractivity contribution in [2.24, 2.45) is 0 Å². The molecule has 20 heavy (non-hydrogen) atoms. The fourth-order valence-electron chi connectivity index (χ4n) is 2.17. The standard InChI is InChI=1S/C12H15Cl2FN2O2S/c13-10-5-9(6-11(14)12(10)15)17-20(18,19)7-8-3-1-2-4-16-8/h5-6,8,16-17H,1-4,7H2. The van der Waals surface area contributed by atoms with Gasteiger partial charge in [0.25, 0.3) is 0 Å². The molecule has 0 aromatic heterocycles. The van der Waals surface area contributed by atoms with Gasteiger partial charge in [-0.15, -0.1) is 0 Å². The number of hydrogen-bond donors (Lipinski definition) is 2. The van der Waals surface area contributed by atoms with E-state index >= 15 is 0 Å². The maximum absolute atomic E-state index is 13.3. The molecule has 1 aromatic rings. The molecule has 0 spiro atoms. The Hall–Kier alpha value is -0.560. The van der Waals surface area contributed by atoms with Crippen LogP contribution in [0.15, 0.2) is 12.1 Å². The second-order valence-electron chi connectivity index (χ2n) is 4.78. The minimum atomic E-state index is -3.53. The number of anilines is 1. The molecule has 1 aromatic carbocycles. The molecule has 0 amide bonds. The van der Waals surface area contributed by atoms with Gasteiger partial charge in [0.1, 0.15) is 0 Å². The first kappa shape index (κ1) is 15.8. The zero-order valence-electron chi connectivity index (χ0n) is 10.6. The molecule has 8 heteroatoms. The zero-order valence-corrected chi connectivity index (χ0v) is 13.0.